The SMILES string of the molecule is Cc1noc(C)c1C(=O)N1CCCN(C2CCSC2)CC1. The van der Waals surface area contributed by atoms with Gasteiger partial charge in [0, 0.05) is 38.0 Å². The molecule has 1 aromatic heterocycles. The predicted molar refractivity (Wildman–Crippen MR) is 83.8 cm³/mol. The van der Waals surface area contributed by atoms with Crippen molar-refractivity contribution in [3.63, 3.8) is 0 Å². The molecule has 21 heavy (non-hydrogen) atoms. The predicted octanol–water partition coefficient (Wildman–Crippen LogP) is 1.94. The molecule has 0 bridgehead atoms. The molecular formula is C15H23N3O2S. The zero-order valence-corrected chi connectivity index (χ0v) is 13.6. The zero-order chi connectivity index (χ0) is 14.8. The smallest absolute Gasteiger partial charge is 0.259 e. The van der Waals surface area contributed by atoms with Crippen LogP contribution in [0.3, 0.4) is 0 Å². The highest BCUT2D eigenvalue weighted by atomic mass is 32.2. The van der Waals surface area contributed by atoms with E-state index in [1.54, 1.807) is 0 Å². The van der Waals surface area contributed by atoms with Crippen LogP contribution >= 0.6 is 11.8 Å². The Morgan fingerprint density at radius 2 is 2.14 bits per heavy atom. The second-order valence-electron chi connectivity index (χ2n) is 5.90. The number of aryl methyl sites for hydroxylation is 2. The molecule has 2 aliphatic rings. The summed E-state index contributed by atoms with van der Waals surface area (Å²) in [7, 11) is 0. The monoisotopic (exact) mass is 309 g/mol. The van der Waals surface area contributed by atoms with E-state index < -0.39 is 0 Å². The van der Waals surface area contributed by atoms with Crippen molar-refractivity contribution in [3.05, 3.63) is 17.0 Å². The largest absolute Gasteiger partial charge is 0.361 e. The number of hydrogen-bond acceptors (Lipinski definition) is 5. The van der Waals surface area contributed by atoms with E-state index in [0.29, 0.717) is 23.1 Å². The van der Waals surface area contributed by atoms with Crippen molar-refractivity contribution in [1.29, 1.82) is 0 Å². The maximum Gasteiger partial charge on any atom is 0.259 e. The van der Waals surface area contributed by atoms with Crippen molar-refractivity contribution < 1.29 is 9.32 Å². The number of amides is 1. The average Bonchev–Trinajstić information content (AvgIpc) is 3.03. The molecule has 6 heteroatoms. The van der Waals surface area contributed by atoms with Gasteiger partial charge in [-0.3, -0.25) is 9.69 Å². The van der Waals surface area contributed by atoms with Crippen molar-refractivity contribution in [1.82, 2.24) is 15.0 Å². The van der Waals surface area contributed by atoms with Crippen LogP contribution in [0.2, 0.25) is 0 Å². The highest BCUT2D eigenvalue weighted by molar-refractivity contribution is 7.99. The van der Waals surface area contributed by atoms with Crippen LogP contribution in [-0.4, -0.2) is 64.6 Å². The lowest BCUT2D eigenvalue weighted by atomic mass is 10.1. The highest BCUT2D eigenvalue weighted by Crippen LogP contribution is 2.24. The van der Waals surface area contributed by atoms with Gasteiger partial charge in [0.1, 0.15) is 11.3 Å². The second-order valence-corrected chi connectivity index (χ2v) is 7.05. The van der Waals surface area contributed by atoms with Gasteiger partial charge in [0.15, 0.2) is 0 Å². The molecule has 0 spiro atoms. The molecule has 0 saturated carbocycles. The molecule has 0 radical (unpaired) electrons. The summed E-state index contributed by atoms with van der Waals surface area (Å²) in [4.78, 5) is 17.2. The average molecular weight is 309 g/mol. The van der Waals surface area contributed by atoms with Gasteiger partial charge in [-0.25, -0.2) is 0 Å². The van der Waals surface area contributed by atoms with Crippen LogP contribution in [0.25, 0.3) is 0 Å². The van der Waals surface area contributed by atoms with Gasteiger partial charge in [0.2, 0.25) is 0 Å². The standard InChI is InChI=1S/C15H23N3O2S/c1-11-14(12(2)20-16-11)15(19)18-6-3-5-17(7-8-18)13-4-9-21-10-13/h13H,3-10H2,1-2H3. The van der Waals surface area contributed by atoms with Gasteiger partial charge >= 0.3 is 0 Å². The van der Waals surface area contributed by atoms with Gasteiger partial charge in [0.05, 0.1) is 5.69 Å². The Hall–Kier alpha value is -1.01. The molecule has 5 nitrogen and oxygen atoms in total. The van der Waals surface area contributed by atoms with Gasteiger partial charge < -0.3 is 9.42 Å². The van der Waals surface area contributed by atoms with Crippen LogP contribution < -0.4 is 0 Å². The Morgan fingerprint density at radius 3 is 2.81 bits per heavy atom. The quantitative estimate of drug-likeness (QED) is 0.835. The number of nitrogens with zero attached hydrogens (tertiary/aromatic N) is 3. The molecule has 1 amide bonds. The fourth-order valence-electron chi connectivity index (χ4n) is 3.26. The molecule has 2 fully saturated rings. The van der Waals surface area contributed by atoms with Gasteiger partial charge in [-0.1, -0.05) is 5.16 Å². The van der Waals surface area contributed by atoms with Crippen molar-refractivity contribution in [2.24, 2.45) is 0 Å². The molecule has 3 heterocycles. The van der Waals surface area contributed by atoms with Crippen LogP contribution in [0.15, 0.2) is 4.52 Å². The van der Waals surface area contributed by atoms with E-state index in [-0.39, 0.29) is 5.91 Å². The first-order chi connectivity index (χ1) is 10.2. The Labute approximate surface area is 130 Å². The number of hydrogen-bond donors (Lipinski definition) is 0. The van der Waals surface area contributed by atoms with E-state index in [1.165, 1.54) is 17.9 Å². The lowest BCUT2D eigenvalue weighted by Crippen LogP contribution is -2.39. The van der Waals surface area contributed by atoms with E-state index in [1.807, 2.05) is 30.5 Å². The lowest BCUT2D eigenvalue weighted by Gasteiger charge is -2.26. The van der Waals surface area contributed by atoms with E-state index in [0.717, 1.165) is 32.6 Å². The Balaban J connectivity index is 1.66. The third kappa shape index (κ3) is 3.11. The van der Waals surface area contributed by atoms with E-state index >= 15 is 0 Å². The van der Waals surface area contributed by atoms with Gasteiger partial charge in [0.25, 0.3) is 5.91 Å². The topological polar surface area (TPSA) is 49.6 Å². The van der Waals surface area contributed by atoms with Crippen LogP contribution in [-0.2, 0) is 0 Å². The summed E-state index contributed by atoms with van der Waals surface area (Å²) in [5.41, 5.74) is 1.35. The number of aromatic nitrogens is 1. The summed E-state index contributed by atoms with van der Waals surface area (Å²) in [5, 5.41) is 3.90. The molecular weight excluding hydrogens is 286 g/mol. The lowest BCUT2D eigenvalue weighted by molar-refractivity contribution is 0.0756. The third-order valence-corrected chi connectivity index (χ3v) is 5.63. The molecule has 2 saturated heterocycles. The molecule has 116 valence electrons. The van der Waals surface area contributed by atoms with Crippen molar-refractivity contribution >= 4 is 17.7 Å². The minimum Gasteiger partial charge on any atom is -0.361 e. The Kier molecular flexibility index (Phi) is 4.54. The first-order valence-electron chi connectivity index (χ1n) is 7.70. The number of rotatable bonds is 2. The van der Waals surface area contributed by atoms with Crippen molar-refractivity contribution in [2.75, 3.05) is 37.7 Å². The van der Waals surface area contributed by atoms with Crippen LogP contribution in [0, 0.1) is 13.8 Å². The van der Waals surface area contributed by atoms with E-state index in [2.05, 4.69) is 10.1 Å². The van der Waals surface area contributed by atoms with E-state index in [4.69, 9.17) is 4.52 Å². The van der Waals surface area contributed by atoms with Gasteiger partial charge in [-0.15, -0.1) is 0 Å². The first kappa shape index (κ1) is 14.9. The summed E-state index contributed by atoms with van der Waals surface area (Å²) in [6, 6.07) is 0.712. The maximum absolute atomic E-state index is 12.7. The Bertz CT molecular complexity index is 492. The summed E-state index contributed by atoms with van der Waals surface area (Å²) >= 11 is 2.05. The molecule has 3 rings (SSSR count). The first-order valence-corrected chi connectivity index (χ1v) is 8.86. The molecule has 2 aliphatic heterocycles. The van der Waals surface area contributed by atoms with Crippen molar-refractivity contribution in [2.45, 2.75) is 32.7 Å². The highest BCUT2D eigenvalue weighted by Gasteiger charge is 2.28. The van der Waals surface area contributed by atoms with Crippen LogP contribution in [0.5, 0.6) is 0 Å². The third-order valence-electron chi connectivity index (χ3n) is 4.49. The molecule has 0 aromatic carbocycles. The van der Waals surface area contributed by atoms with Gasteiger partial charge in [-0.05, 0) is 32.4 Å². The summed E-state index contributed by atoms with van der Waals surface area (Å²) in [5.74, 6) is 3.24. The molecule has 0 N–H and O–H groups in total. The number of carbonyl (C=O) groups is 1. The van der Waals surface area contributed by atoms with Crippen LogP contribution in [0.4, 0.5) is 0 Å². The summed E-state index contributed by atoms with van der Waals surface area (Å²) in [6.07, 6.45) is 2.35. The maximum atomic E-state index is 12.7. The Morgan fingerprint density at radius 1 is 1.29 bits per heavy atom. The fraction of sp³-hybridized carbons (Fsp3) is 0.733. The summed E-state index contributed by atoms with van der Waals surface area (Å²) in [6.45, 7) is 7.39. The second kappa shape index (κ2) is 6.40. The molecule has 1 atom stereocenters. The minimum atomic E-state index is 0.0777. The number of carbonyl (C=O) groups excluding carboxylic acids is 1. The number of thioether (sulfide) groups is 1. The molecule has 1 aromatic rings. The van der Waals surface area contributed by atoms with Crippen molar-refractivity contribution in [3.8, 4) is 0 Å². The normalized spacial score (nSPS) is 24.3. The molecule has 1 unspecified atom stereocenters. The fourth-order valence-corrected chi connectivity index (χ4v) is 4.52. The van der Waals surface area contributed by atoms with Crippen LogP contribution in [0.1, 0.15) is 34.7 Å². The minimum absolute atomic E-state index is 0.0777. The molecule has 0 aliphatic carbocycles. The zero-order valence-electron chi connectivity index (χ0n) is 12.8. The van der Waals surface area contributed by atoms with E-state index in [9.17, 15) is 4.79 Å². The summed E-state index contributed by atoms with van der Waals surface area (Å²) < 4.78 is 5.13. The van der Waals surface area contributed by atoms with Gasteiger partial charge in [-0.2, -0.15) is 11.8 Å².